The van der Waals surface area contributed by atoms with Gasteiger partial charge in [-0.1, -0.05) is 0 Å². The minimum absolute atomic E-state index is 0.770. The first-order valence-corrected chi connectivity index (χ1v) is 19.8. The normalized spacial score (nSPS) is 17.5. The van der Waals surface area contributed by atoms with Crippen LogP contribution in [0.1, 0.15) is 0 Å². The number of hydrogen-bond acceptors (Lipinski definition) is 5. The van der Waals surface area contributed by atoms with E-state index in [1.165, 1.54) is 0 Å². The molecule has 0 aliphatic carbocycles. The Morgan fingerprint density at radius 2 is 1.05 bits per heavy atom. The lowest BCUT2D eigenvalue weighted by molar-refractivity contribution is 0.168. The number of rotatable bonds is 7. The SMILES string of the molecule is CN1C=CN([Si](O[Si](C)(C)C)(O[Si](C)(C)C)O[Si](C)(C)C)C1. The molecular formula is C13H34N2O3Si4. The Hall–Kier alpha value is 0.0875. The highest BCUT2D eigenvalue weighted by molar-refractivity contribution is 6.89. The minimum atomic E-state index is -2.92. The third-order valence-corrected chi connectivity index (χ3v) is 14.0. The molecule has 0 radical (unpaired) electrons. The van der Waals surface area contributed by atoms with Gasteiger partial charge in [-0.3, -0.25) is 0 Å². The Morgan fingerprint density at radius 1 is 0.682 bits per heavy atom. The Labute approximate surface area is 141 Å². The van der Waals surface area contributed by atoms with Crippen LogP contribution in [0.4, 0.5) is 0 Å². The van der Waals surface area contributed by atoms with Crippen LogP contribution in [0.15, 0.2) is 12.4 Å². The van der Waals surface area contributed by atoms with Crippen molar-refractivity contribution in [2.75, 3.05) is 13.7 Å². The van der Waals surface area contributed by atoms with Crippen LogP contribution in [0.2, 0.25) is 58.9 Å². The molecule has 9 heteroatoms. The van der Waals surface area contributed by atoms with Gasteiger partial charge in [0.1, 0.15) is 0 Å². The molecule has 0 unspecified atom stereocenters. The first kappa shape index (κ1) is 20.1. The maximum atomic E-state index is 6.66. The summed E-state index contributed by atoms with van der Waals surface area (Å²) in [5, 5.41) is 0. The van der Waals surface area contributed by atoms with Gasteiger partial charge in [0.25, 0.3) is 0 Å². The largest absolute Gasteiger partial charge is 0.602 e. The van der Waals surface area contributed by atoms with Crippen LogP contribution in [0, 0.1) is 0 Å². The summed E-state index contributed by atoms with van der Waals surface area (Å²) in [6.07, 6.45) is 4.14. The summed E-state index contributed by atoms with van der Waals surface area (Å²) in [5.74, 6) is 0. The maximum absolute atomic E-state index is 6.66. The fourth-order valence-electron chi connectivity index (χ4n) is 2.11. The summed E-state index contributed by atoms with van der Waals surface area (Å²) in [7, 11) is -6.32. The smallest absolute Gasteiger partial charge is 0.400 e. The Kier molecular flexibility index (Phi) is 5.98. The van der Waals surface area contributed by atoms with Crippen LogP contribution in [-0.4, -0.2) is 57.1 Å². The molecule has 22 heavy (non-hydrogen) atoms. The zero-order chi connectivity index (χ0) is 17.4. The molecule has 0 aromatic rings. The van der Waals surface area contributed by atoms with Crippen LogP contribution < -0.4 is 0 Å². The fraction of sp³-hybridized carbons (Fsp3) is 0.846. The average Bonchev–Trinajstić information content (AvgIpc) is 2.56. The van der Waals surface area contributed by atoms with E-state index in [9.17, 15) is 0 Å². The molecular weight excluding hydrogens is 344 g/mol. The van der Waals surface area contributed by atoms with E-state index in [2.05, 4.69) is 87.8 Å². The quantitative estimate of drug-likeness (QED) is 0.632. The van der Waals surface area contributed by atoms with E-state index in [-0.39, 0.29) is 0 Å². The standard InChI is InChI=1S/C13H34N2O3Si4/c1-14-11-12-15(13-14)22(16-19(2,3)4,17-20(5,6)7)18-21(8,9)10/h11-12H,13H2,1-10H3. The summed E-state index contributed by atoms with van der Waals surface area (Å²) in [6.45, 7) is 20.6. The van der Waals surface area contributed by atoms with Gasteiger partial charge in [-0.2, -0.15) is 0 Å². The molecule has 0 saturated carbocycles. The molecule has 1 aliphatic rings. The fourth-order valence-corrected chi connectivity index (χ4v) is 15.1. The van der Waals surface area contributed by atoms with E-state index in [0.29, 0.717) is 0 Å². The summed E-state index contributed by atoms with van der Waals surface area (Å²) in [5.41, 5.74) is 0. The van der Waals surface area contributed by atoms with Crippen LogP contribution in [0.5, 0.6) is 0 Å². The van der Waals surface area contributed by atoms with Gasteiger partial charge in [0, 0.05) is 19.4 Å². The second kappa shape index (κ2) is 6.53. The van der Waals surface area contributed by atoms with Crippen molar-refractivity contribution < 1.29 is 12.3 Å². The van der Waals surface area contributed by atoms with Gasteiger partial charge in [-0.05, 0) is 58.9 Å². The van der Waals surface area contributed by atoms with Crippen molar-refractivity contribution >= 4 is 33.9 Å². The molecule has 1 rings (SSSR count). The lowest BCUT2D eigenvalue weighted by Crippen LogP contribution is -2.68. The molecule has 0 amide bonds. The third-order valence-electron chi connectivity index (χ3n) is 2.53. The highest BCUT2D eigenvalue weighted by atomic mass is 28.5. The minimum Gasteiger partial charge on any atom is -0.400 e. The van der Waals surface area contributed by atoms with E-state index >= 15 is 0 Å². The van der Waals surface area contributed by atoms with Gasteiger partial charge in [0.15, 0.2) is 25.0 Å². The van der Waals surface area contributed by atoms with Crippen LogP contribution >= 0.6 is 0 Å². The van der Waals surface area contributed by atoms with Crippen LogP contribution in [-0.2, 0) is 12.3 Å². The Bertz CT molecular complexity index is 372. The zero-order valence-electron chi connectivity index (χ0n) is 16.0. The van der Waals surface area contributed by atoms with Crippen molar-refractivity contribution in [1.29, 1.82) is 0 Å². The summed E-state index contributed by atoms with van der Waals surface area (Å²) < 4.78 is 22.2. The molecule has 5 nitrogen and oxygen atoms in total. The summed E-state index contributed by atoms with van der Waals surface area (Å²) in [4.78, 5) is 2.14. The van der Waals surface area contributed by atoms with E-state index in [1.807, 2.05) is 0 Å². The molecule has 0 saturated heterocycles. The molecule has 130 valence electrons. The summed E-state index contributed by atoms with van der Waals surface area (Å²) >= 11 is 0. The zero-order valence-corrected chi connectivity index (χ0v) is 20.0. The van der Waals surface area contributed by atoms with Gasteiger partial charge in [0.2, 0.25) is 0 Å². The molecule has 1 heterocycles. The topological polar surface area (TPSA) is 34.2 Å². The van der Waals surface area contributed by atoms with Crippen LogP contribution in [0.3, 0.4) is 0 Å². The molecule has 0 bridgehead atoms. The second-order valence-corrected chi connectivity index (χ2v) is 25.6. The monoisotopic (exact) mass is 378 g/mol. The van der Waals surface area contributed by atoms with Gasteiger partial charge in [0.05, 0.1) is 6.67 Å². The van der Waals surface area contributed by atoms with Crippen molar-refractivity contribution in [2.45, 2.75) is 58.9 Å². The van der Waals surface area contributed by atoms with E-state index < -0.39 is 33.9 Å². The van der Waals surface area contributed by atoms with E-state index in [1.54, 1.807) is 0 Å². The lowest BCUT2D eigenvalue weighted by atomic mass is 10.9. The third kappa shape index (κ3) is 6.68. The molecule has 0 N–H and O–H groups in total. The molecule has 0 spiro atoms. The molecule has 0 atom stereocenters. The molecule has 0 aromatic heterocycles. The van der Waals surface area contributed by atoms with Crippen LogP contribution in [0.25, 0.3) is 0 Å². The van der Waals surface area contributed by atoms with Crippen molar-refractivity contribution in [3.05, 3.63) is 12.4 Å². The predicted molar refractivity (Wildman–Crippen MR) is 103 cm³/mol. The average molecular weight is 379 g/mol. The van der Waals surface area contributed by atoms with Crippen molar-refractivity contribution in [3.8, 4) is 0 Å². The highest BCUT2D eigenvalue weighted by Gasteiger charge is 2.56. The number of hydrogen-bond donors (Lipinski definition) is 0. The van der Waals surface area contributed by atoms with Crippen molar-refractivity contribution in [3.63, 3.8) is 0 Å². The first-order valence-electron chi connectivity index (χ1n) is 7.88. The Morgan fingerprint density at radius 3 is 1.27 bits per heavy atom. The van der Waals surface area contributed by atoms with Crippen molar-refractivity contribution in [1.82, 2.24) is 9.47 Å². The van der Waals surface area contributed by atoms with Gasteiger partial charge < -0.3 is 21.8 Å². The second-order valence-electron chi connectivity index (χ2n) is 8.83. The van der Waals surface area contributed by atoms with E-state index in [0.717, 1.165) is 6.67 Å². The summed E-state index contributed by atoms with van der Waals surface area (Å²) in [6, 6.07) is 0. The first-order chi connectivity index (χ1) is 9.62. The number of nitrogens with zero attached hydrogens (tertiary/aromatic N) is 2. The van der Waals surface area contributed by atoms with E-state index in [4.69, 9.17) is 12.3 Å². The highest BCUT2D eigenvalue weighted by Crippen LogP contribution is 2.30. The van der Waals surface area contributed by atoms with Gasteiger partial charge in [-0.25, -0.2) is 0 Å². The van der Waals surface area contributed by atoms with Gasteiger partial charge in [-0.15, -0.1) is 0 Å². The predicted octanol–water partition coefficient (Wildman–Crippen LogP) is 3.65. The molecule has 1 aliphatic heterocycles. The van der Waals surface area contributed by atoms with Crippen molar-refractivity contribution in [2.24, 2.45) is 0 Å². The molecule has 0 fully saturated rings. The molecule has 0 aromatic carbocycles. The Balaban J connectivity index is 3.25. The lowest BCUT2D eigenvalue weighted by Gasteiger charge is -2.46. The van der Waals surface area contributed by atoms with Gasteiger partial charge >= 0.3 is 8.97 Å². The maximum Gasteiger partial charge on any atom is 0.602 e.